The normalized spacial score (nSPS) is 16.1. The number of carbonyl (C=O) groups is 1. The summed E-state index contributed by atoms with van der Waals surface area (Å²) >= 11 is 7.27. The van der Waals surface area contributed by atoms with E-state index in [2.05, 4.69) is 0 Å². The van der Waals surface area contributed by atoms with Crippen LogP contribution in [0.1, 0.15) is 12.8 Å². The molecule has 1 saturated heterocycles. The first-order valence-corrected chi connectivity index (χ1v) is 11.8. The van der Waals surface area contributed by atoms with E-state index in [9.17, 15) is 13.2 Å². The van der Waals surface area contributed by atoms with E-state index in [-0.39, 0.29) is 11.8 Å². The minimum Gasteiger partial charge on any atom is -0.490 e. The molecule has 6 nitrogen and oxygen atoms in total. The van der Waals surface area contributed by atoms with Crippen LogP contribution in [0.4, 0.5) is 0 Å². The van der Waals surface area contributed by atoms with Gasteiger partial charge < -0.3 is 9.64 Å². The van der Waals surface area contributed by atoms with E-state index < -0.39 is 10.0 Å². The van der Waals surface area contributed by atoms with Crippen molar-refractivity contribution in [1.82, 2.24) is 9.21 Å². The number of thiophene rings is 1. The van der Waals surface area contributed by atoms with Crippen LogP contribution in [0.3, 0.4) is 0 Å². The number of halogens is 1. The molecule has 9 heteroatoms. The number of sulfonamides is 1. The van der Waals surface area contributed by atoms with Gasteiger partial charge in [0, 0.05) is 26.1 Å². The van der Waals surface area contributed by atoms with Crippen LogP contribution >= 0.6 is 22.9 Å². The van der Waals surface area contributed by atoms with Gasteiger partial charge in [-0.1, -0.05) is 29.8 Å². The summed E-state index contributed by atoms with van der Waals surface area (Å²) in [5.41, 5.74) is 0. The molecule has 3 rings (SSSR count). The number of benzene rings is 1. The van der Waals surface area contributed by atoms with Gasteiger partial charge in [0.1, 0.15) is 16.6 Å². The number of nitrogens with zero attached hydrogens (tertiary/aromatic N) is 2. The number of piperidine rings is 1. The van der Waals surface area contributed by atoms with Crippen LogP contribution < -0.4 is 4.74 Å². The highest BCUT2D eigenvalue weighted by Crippen LogP contribution is 2.27. The summed E-state index contributed by atoms with van der Waals surface area (Å²) in [6, 6.07) is 10.6. The molecule has 28 heavy (non-hydrogen) atoms. The van der Waals surface area contributed by atoms with E-state index in [0.717, 1.165) is 0 Å². The molecule has 1 aliphatic heterocycles. The largest absolute Gasteiger partial charge is 0.490 e. The monoisotopic (exact) mass is 442 g/mol. The summed E-state index contributed by atoms with van der Waals surface area (Å²) < 4.78 is 32.6. The van der Waals surface area contributed by atoms with Crippen molar-refractivity contribution in [2.45, 2.75) is 17.1 Å². The summed E-state index contributed by atoms with van der Waals surface area (Å²) in [4.78, 5) is 14.3. The van der Waals surface area contributed by atoms with Gasteiger partial charge in [-0.15, -0.1) is 11.3 Å². The maximum atomic E-state index is 12.7. The fourth-order valence-electron chi connectivity index (χ4n) is 3.16. The van der Waals surface area contributed by atoms with E-state index in [1.54, 1.807) is 41.6 Å². The van der Waals surface area contributed by atoms with Crippen LogP contribution in [0.25, 0.3) is 0 Å². The first kappa shape index (κ1) is 21.1. The van der Waals surface area contributed by atoms with Crippen LogP contribution in [0, 0.1) is 5.92 Å². The van der Waals surface area contributed by atoms with Gasteiger partial charge in [-0.25, -0.2) is 8.42 Å². The fraction of sp³-hybridized carbons (Fsp3) is 0.421. The molecule has 2 aromatic rings. The molecule has 1 aliphatic rings. The minimum atomic E-state index is -3.44. The highest BCUT2D eigenvalue weighted by Gasteiger charge is 2.33. The topological polar surface area (TPSA) is 66.9 Å². The van der Waals surface area contributed by atoms with Crippen molar-refractivity contribution in [3.05, 3.63) is 46.8 Å². The lowest BCUT2D eigenvalue weighted by Crippen LogP contribution is -2.44. The van der Waals surface area contributed by atoms with Crippen LogP contribution in [-0.2, 0) is 14.8 Å². The van der Waals surface area contributed by atoms with Crippen LogP contribution in [0.15, 0.2) is 46.0 Å². The van der Waals surface area contributed by atoms with Crippen molar-refractivity contribution in [3.63, 3.8) is 0 Å². The lowest BCUT2D eigenvalue weighted by molar-refractivity contribution is -0.135. The van der Waals surface area contributed by atoms with Crippen LogP contribution in [-0.4, -0.2) is 56.8 Å². The molecular formula is C19H23ClN2O4S2. The van der Waals surface area contributed by atoms with Crippen molar-refractivity contribution in [2.24, 2.45) is 5.92 Å². The predicted octanol–water partition coefficient (Wildman–Crippen LogP) is 3.34. The Kier molecular flexibility index (Phi) is 6.98. The highest BCUT2D eigenvalue weighted by atomic mass is 35.5. The van der Waals surface area contributed by atoms with Crippen LogP contribution in [0.5, 0.6) is 5.75 Å². The average molecular weight is 443 g/mol. The lowest BCUT2D eigenvalue weighted by atomic mass is 9.97. The number of para-hydroxylation sites is 1. The molecule has 0 bridgehead atoms. The van der Waals surface area contributed by atoms with Crippen molar-refractivity contribution in [1.29, 1.82) is 0 Å². The van der Waals surface area contributed by atoms with E-state index in [4.69, 9.17) is 16.3 Å². The van der Waals surface area contributed by atoms with Crippen molar-refractivity contribution in [2.75, 3.05) is 33.3 Å². The Morgan fingerprint density at radius 3 is 2.61 bits per heavy atom. The Labute approximate surface area is 174 Å². The maximum absolute atomic E-state index is 12.7. The molecule has 1 amide bonds. The average Bonchev–Trinajstić information content (AvgIpc) is 3.24. The SMILES string of the molecule is CN(CCOc1ccccc1Cl)C(=O)C1CCN(S(=O)(=O)c2cccs2)CC1. The molecule has 0 saturated carbocycles. The summed E-state index contributed by atoms with van der Waals surface area (Å²) in [6.07, 6.45) is 1.05. The number of likely N-dealkylation sites (N-methyl/N-ethyl adjacent to an activating group) is 1. The second kappa shape index (κ2) is 9.26. The molecule has 0 N–H and O–H groups in total. The predicted molar refractivity (Wildman–Crippen MR) is 110 cm³/mol. The Bertz CT molecular complexity index is 894. The van der Waals surface area contributed by atoms with Crippen LogP contribution in [0.2, 0.25) is 5.02 Å². The van der Waals surface area contributed by atoms with E-state index in [0.29, 0.717) is 54.1 Å². The molecule has 152 valence electrons. The second-order valence-electron chi connectivity index (χ2n) is 6.65. The molecular weight excluding hydrogens is 420 g/mol. The summed E-state index contributed by atoms with van der Waals surface area (Å²) in [7, 11) is -1.70. The standard InChI is InChI=1S/C19H23ClN2O4S2/c1-21(12-13-26-17-6-3-2-5-16(17)20)19(23)15-8-10-22(11-9-15)28(24,25)18-7-4-14-27-18/h2-7,14-15H,8-13H2,1H3. The minimum absolute atomic E-state index is 0.0240. The zero-order valence-electron chi connectivity index (χ0n) is 15.6. The number of rotatable bonds is 7. The van der Waals surface area contributed by atoms with Crippen molar-refractivity contribution < 1.29 is 17.9 Å². The van der Waals surface area contributed by atoms with E-state index in [1.165, 1.54) is 15.6 Å². The molecule has 1 aromatic heterocycles. The number of hydrogen-bond donors (Lipinski definition) is 0. The Morgan fingerprint density at radius 1 is 1.25 bits per heavy atom. The lowest BCUT2D eigenvalue weighted by Gasteiger charge is -2.32. The number of hydrogen-bond acceptors (Lipinski definition) is 5. The van der Waals surface area contributed by atoms with Gasteiger partial charge in [0.2, 0.25) is 5.91 Å². The van der Waals surface area contributed by atoms with Gasteiger partial charge in [0.05, 0.1) is 11.6 Å². The maximum Gasteiger partial charge on any atom is 0.252 e. The summed E-state index contributed by atoms with van der Waals surface area (Å²) in [5.74, 6) is 0.452. The quantitative estimate of drug-likeness (QED) is 0.659. The van der Waals surface area contributed by atoms with Crippen molar-refractivity contribution >= 4 is 38.9 Å². The summed E-state index contributed by atoms with van der Waals surface area (Å²) in [5, 5.41) is 2.29. The van der Waals surface area contributed by atoms with E-state index >= 15 is 0 Å². The first-order chi connectivity index (χ1) is 13.4. The first-order valence-electron chi connectivity index (χ1n) is 9.05. The third-order valence-corrected chi connectivity index (χ3v) is 8.37. The van der Waals surface area contributed by atoms with Gasteiger partial charge in [0.15, 0.2) is 0 Å². The third-order valence-electron chi connectivity index (χ3n) is 4.79. The van der Waals surface area contributed by atoms with Gasteiger partial charge in [-0.2, -0.15) is 4.31 Å². The molecule has 1 fully saturated rings. The molecule has 0 unspecified atom stereocenters. The molecule has 0 atom stereocenters. The molecule has 0 radical (unpaired) electrons. The van der Waals surface area contributed by atoms with Crippen molar-refractivity contribution in [3.8, 4) is 5.75 Å². The molecule has 1 aromatic carbocycles. The molecule has 2 heterocycles. The molecule has 0 spiro atoms. The van der Waals surface area contributed by atoms with Gasteiger partial charge >= 0.3 is 0 Å². The van der Waals surface area contributed by atoms with Gasteiger partial charge in [0.25, 0.3) is 10.0 Å². The van der Waals surface area contributed by atoms with Gasteiger partial charge in [-0.3, -0.25) is 4.79 Å². The van der Waals surface area contributed by atoms with E-state index in [1.807, 2.05) is 12.1 Å². The highest BCUT2D eigenvalue weighted by molar-refractivity contribution is 7.91. The molecule has 0 aliphatic carbocycles. The summed E-state index contributed by atoms with van der Waals surface area (Å²) in [6.45, 7) is 1.51. The second-order valence-corrected chi connectivity index (χ2v) is 10.2. The number of carbonyl (C=O) groups excluding carboxylic acids is 1. The zero-order valence-corrected chi connectivity index (χ0v) is 18.0. The fourth-order valence-corrected chi connectivity index (χ4v) is 5.96. The Balaban J connectivity index is 1.47. The van der Waals surface area contributed by atoms with Gasteiger partial charge in [-0.05, 0) is 36.4 Å². The number of amides is 1. The number of ether oxygens (including phenoxy) is 1. The Morgan fingerprint density at radius 2 is 1.96 bits per heavy atom. The Hall–Kier alpha value is -1.61. The third kappa shape index (κ3) is 4.86. The zero-order chi connectivity index (χ0) is 20.1. The smallest absolute Gasteiger partial charge is 0.252 e.